The number of aromatic nitrogens is 1. The van der Waals surface area contributed by atoms with Crippen LogP contribution in [0.3, 0.4) is 0 Å². The first-order valence-electron chi connectivity index (χ1n) is 5.55. The Balaban J connectivity index is 2.35. The maximum absolute atomic E-state index is 5.81. The van der Waals surface area contributed by atoms with Crippen molar-refractivity contribution < 1.29 is 4.42 Å². The van der Waals surface area contributed by atoms with E-state index in [0.717, 1.165) is 11.2 Å². The fourth-order valence-electron chi connectivity index (χ4n) is 2.00. The second-order valence-electron chi connectivity index (χ2n) is 5.21. The molecule has 0 unspecified atom stereocenters. The van der Waals surface area contributed by atoms with Gasteiger partial charge in [0.15, 0.2) is 5.58 Å². The van der Waals surface area contributed by atoms with E-state index in [1.54, 1.807) is 0 Å². The van der Waals surface area contributed by atoms with Crippen molar-refractivity contribution in [1.82, 2.24) is 4.57 Å². The van der Waals surface area contributed by atoms with Crippen LogP contribution in [0.15, 0.2) is 41.1 Å². The van der Waals surface area contributed by atoms with Crippen LogP contribution in [0.4, 0.5) is 0 Å². The van der Waals surface area contributed by atoms with Gasteiger partial charge in [0.1, 0.15) is 5.58 Å². The molecule has 0 spiro atoms. The maximum Gasteiger partial charge on any atom is 0.153 e. The molecular formula is C14H15NO. The monoisotopic (exact) mass is 213 g/mol. The van der Waals surface area contributed by atoms with Gasteiger partial charge in [-0.2, -0.15) is 0 Å². The molecule has 16 heavy (non-hydrogen) atoms. The SMILES string of the molecule is CC(C)(C)n1cc2oc3ccccc3c2c1. The van der Waals surface area contributed by atoms with E-state index in [1.165, 1.54) is 10.8 Å². The first kappa shape index (κ1) is 9.52. The lowest BCUT2D eigenvalue weighted by Gasteiger charge is -2.20. The van der Waals surface area contributed by atoms with Crippen LogP contribution >= 0.6 is 0 Å². The number of hydrogen-bond acceptors (Lipinski definition) is 1. The van der Waals surface area contributed by atoms with Gasteiger partial charge in [0, 0.05) is 28.7 Å². The van der Waals surface area contributed by atoms with E-state index in [0.29, 0.717) is 0 Å². The zero-order valence-corrected chi connectivity index (χ0v) is 9.82. The van der Waals surface area contributed by atoms with E-state index < -0.39 is 0 Å². The van der Waals surface area contributed by atoms with Gasteiger partial charge in [0.05, 0.1) is 0 Å². The van der Waals surface area contributed by atoms with Crippen molar-refractivity contribution in [2.24, 2.45) is 0 Å². The molecule has 0 saturated heterocycles. The molecule has 3 aromatic rings. The van der Waals surface area contributed by atoms with Crippen LogP contribution in [0.5, 0.6) is 0 Å². The molecular weight excluding hydrogens is 198 g/mol. The highest BCUT2D eigenvalue weighted by Crippen LogP contribution is 2.31. The Morgan fingerprint density at radius 3 is 2.44 bits per heavy atom. The standard InChI is InChI=1S/C14H15NO/c1-14(2,3)15-8-11-10-6-4-5-7-12(10)16-13(11)9-15/h4-9H,1-3H3. The molecule has 2 aromatic heterocycles. The second-order valence-corrected chi connectivity index (χ2v) is 5.21. The smallest absolute Gasteiger partial charge is 0.153 e. The molecule has 0 bridgehead atoms. The van der Waals surface area contributed by atoms with Crippen molar-refractivity contribution in [3.8, 4) is 0 Å². The van der Waals surface area contributed by atoms with Gasteiger partial charge in [-0.15, -0.1) is 0 Å². The largest absolute Gasteiger partial charge is 0.454 e. The van der Waals surface area contributed by atoms with Gasteiger partial charge < -0.3 is 8.98 Å². The number of benzene rings is 1. The number of rotatable bonds is 0. The molecule has 0 aliphatic rings. The van der Waals surface area contributed by atoms with Crippen LogP contribution in [-0.2, 0) is 5.54 Å². The molecule has 1 aromatic carbocycles. The number of nitrogens with zero attached hydrogens (tertiary/aromatic N) is 1. The summed E-state index contributed by atoms with van der Waals surface area (Å²) in [5.74, 6) is 0. The van der Waals surface area contributed by atoms with Crippen LogP contribution in [0, 0.1) is 0 Å². The predicted octanol–water partition coefficient (Wildman–Crippen LogP) is 4.14. The van der Waals surface area contributed by atoms with Crippen molar-refractivity contribution in [3.63, 3.8) is 0 Å². The summed E-state index contributed by atoms with van der Waals surface area (Å²) in [7, 11) is 0. The Morgan fingerprint density at radius 1 is 0.938 bits per heavy atom. The van der Waals surface area contributed by atoms with Gasteiger partial charge in [-0.1, -0.05) is 18.2 Å². The quantitative estimate of drug-likeness (QED) is 0.548. The molecule has 0 aliphatic heterocycles. The van der Waals surface area contributed by atoms with Crippen molar-refractivity contribution in [3.05, 3.63) is 36.7 Å². The van der Waals surface area contributed by atoms with Crippen LogP contribution < -0.4 is 0 Å². The highest BCUT2D eigenvalue weighted by molar-refractivity contribution is 6.04. The first-order chi connectivity index (χ1) is 7.55. The number of para-hydroxylation sites is 1. The average Bonchev–Trinajstić information content (AvgIpc) is 2.72. The highest BCUT2D eigenvalue weighted by Gasteiger charge is 2.16. The van der Waals surface area contributed by atoms with Gasteiger partial charge in [-0.3, -0.25) is 0 Å². The van der Waals surface area contributed by atoms with Crippen LogP contribution in [0.25, 0.3) is 21.9 Å². The van der Waals surface area contributed by atoms with Gasteiger partial charge >= 0.3 is 0 Å². The molecule has 2 heterocycles. The van der Waals surface area contributed by atoms with Crippen molar-refractivity contribution in [2.45, 2.75) is 26.3 Å². The summed E-state index contributed by atoms with van der Waals surface area (Å²) in [6.45, 7) is 6.57. The third-order valence-electron chi connectivity index (χ3n) is 2.96. The topological polar surface area (TPSA) is 18.1 Å². The van der Waals surface area contributed by atoms with Crippen molar-refractivity contribution in [1.29, 1.82) is 0 Å². The third kappa shape index (κ3) is 1.26. The zero-order chi connectivity index (χ0) is 11.3. The van der Waals surface area contributed by atoms with Gasteiger partial charge in [-0.25, -0.2) is 0 Å². The Kier molecular flexibility index (Phi) is 1.73. The Labute approximate surface area is 94.5 Å². The van der Waals surface area contributed by atoms with E-state index in [-0.39, 0.29) is 5.54 Å². The normalized spacial score (nSPS) is 12.7. The molecule has 2 heteroatoms. The second kappa shape index (κ2) is 2.91. The predicted molar refractivity (Wildman–Crippen MR) is 66.7 cm³/mol. The van der Waals surface area contributed by atoms with E-state index in [9.17, 15) is 0 Å². The van der Waals surface area contributed by atoms with E-state index in [4.69, 9.17) is 4.42 Å². The first-order valence-corrected chi connectivity index (χ1v) is 5.55. The molecule has 0 fully saturated rings. The molecule has 0 radical (unpaired) electrons. The maximum atomic E-state index is 5.81. The minimum Gasteiger partial charge on any atom is -0.454 e. The van der Waals surface area contributed by atoms with Crippen molar-refractivity contribution in [2.75, 3.05) is 0 Å². The van der Waals surface area contributed by atoms with Crippen LogP contribution in [0.2, 0.25) is 0 Å². The molecule has 0 saturated carbocycles. The van der Waals surface area contributed by atoms with Gasteiger partial charge in [-0.05, 0) is 26.8 Å². The number of hydrogen-bond donors (Lipinski definition) is 0. The Hall–Kier alpha value is -1.70. The minimum absolute atomic E-state index is 0.0998. The fraction of sp³-hybridized carbons (Fsp3) is 0.286. The third-order valence-corrected chi connectivity index (χ3v) is 2.96. The molecule has 0 atom stereocenters. The lowest BCUT2D eigenvalue weighted by molar-refractivity contribution is 0.398. The van der Waals surface area contributed by atoms with Gasteiger partial charge in [0.25, 0.3) is 0 Å². The summed E-state index contributed by atoms with van der Waals surface area (Å²) < 4.78 is 8.01. The van der Waals surface area contributed by atoms with E-state index in [1.807, 2.05) is 18.2 Å². The summed E-state index contributed by atoms with van der Waals surface area (Å²) in [6, 6.07) is 8.17. The van der Waals surface area contributed by atoms with Gasteiger partial charge in [0.2, 0.25) is 0 Å². The Morgan fingerprint density at radius 2 is 1.69 bits per heavy atom. The summed E-state index contributed by atoms with van der Waals surface area (Å²) in [5, 5.41) is 2.39. The molecule has 82 valence electrons. The summed E-state index contributed by atoms with van der Waals surface area (Å²) in [5.41, 5.74) is 2.03. The summed E-state index contributed by atoms with van der Waals surface area (Å²) in [6.07, 6.45) is 4.25. The molecule has 3 rings (SSSR count). The van der Waals surface area contributed by atoms with Crippen LogP contribution in [0.1, 0.15) is 20.8 Å². The average molecular weight is 213 g/mol. The minimum atomic E-state index is 0.0998. The lowest BCUT2D eigenvalue weighted by atomic mass is 10.1. The highest BCUT2D eigenvalue weighted by atomic mass is 16.3. The summed E-state index contributed by atoms with van der Waals surface area (Å²) >= 11 is 0. The fourth-order valence-corrected chi connectivity index (χ4v) is 2.00. The van der Waals surface area contributed by atoms with Crippen molar-refractivity contribution >= 4 is 21.9 Å². The molecule has 0 N–H and O–H groups in total. The Bertz CT molecular complexity index is 652. The molecule has 0 amide bonds. The zero-order valence-electron chi connectivity index (χ0n) is 9.82. The number of fused-ring (bicyclic) bond motifs is 3. The van der Waals surface area contributed by atoms with E-state index >= 15 is 0 Å². The molecule has 0 aliphatic carbocycles. The summed E-state index contributed by atoms with van der Waals surface area (Å²) in [4.78, 5) is 0. The lowest BCUT2D eigenvalue weighted by Crippen LogP contribution is -2.19. The number of furan rings is 1. The molecule has 2 nitrogen and oxygen atoms in total. The van der Waals surface area contributed by atoms with Crippen LogP contribution in [-0.4, -0.2) is 4.57 Å². The van der Waals surface area contributed by atoms with E-state index in [2.05, 4.69) is 43.8 Å².